The molecule has 0 unspecified atom stereocenters. The monoisotopic (exact) mass is 230 g/mol. The van der Waals surface area contributed by atoms with Crippen LogP contribution in [0.25, 0.3) is 0 Å². The van der Waals surface area contributed by atoms with Gasteiger partial charge >= 0.3 is 0 Å². The lowest BCUT2D eigenvalue weighted by atomic mass is 10.2. The van der Waals surface area contributed by atoms with Crippen LogP contribution in [-0.2, 0) is 6.54 Å². The third kappa shape index (κ3) is 1.98. The molecule has 2 aromatic rings. The van der Waals surface area contributed by atoms with Gasteiger partial charge in [-0.05, 0) is 19.1 Å². The molecule has 0 N–H and O–H groups in total. The van der Waals surface area contributed by atoms with Crippen molar-refractivity contribution in [3.8, 4) is 11.5 Å². The van der Waals surface area contributed by atoms with Crippen molar-refractivity contribution in [1.82, 2.24) is 9.78 Å². The normalized spacial score (nSPS) is 13.7. The van der Waals surface area contributed by atoms with E-state index < -0.39 is 0 Å². The van der Waals surface area contributed by atoms with E-state index in [0.717, 1.165) is 22.8 Å². The summed E-state index contributed by atoms with van der Waals surface area (Å²) in [4.78, 5) is 0. The number of para-hydroxylation sites is 1. The molecular formula is C13H14N2O2. The Hall–Kier alpha value is -1.97. The lowest BCUT2D eigenvalue weighted by Crippen LogP contribution is -2.17. The maximum absolute atomic E-state index is 5.67. The van der Waals surface area contributed by atoms with Crippen LogP contribution in [0.1, 0.15) is 11.3 Å². The Labute approximate surface area is 99.8 Å². The first-order chi connectivity index (χ1) is 8.33. The maximum atomic E-state index is 5.67. The summed E-state index contributed by atoms with van der Waals surface area (Å²) in [6.07, 6.45) is 1.97. The zero-order chi connectivity index (χ0) is 11.7. The largest absolute Gasteiger partial charge is 0.486 e. The van der Waals surface area contributed by atoms with Gasteiger partial charge in [0.15, 0.2) is 11.5 Å². The minimum absolute atomic E-state index is 0.613. The van der Waals surface area contributed by atoms with Crippen LogP contribution in [0.4, 0.5) is 0 Å². The number of benzene rings is 1. The van der Waals surface area contributed by atoms with Crippen molar-refractivity contribution in [3.63, 3.8) is 0 Å². The Morgan fingerprint density at radius 3 is 2.94 bits per heavy atom. The predicted octanol–water partition coefficient (Wildman–Crippen LogP) is 2.01. The number of rotatable bonds is 2. The Kier molecular flexibility index (Phi) is 2.48. The summed E-state index contributed by atoms with van der Waals surface area (Å²) in [7, 11) is 0. The fourth-order valence-electron chi connectivity index (χ4n) is 1.98. The number of hydrogen-bond donors (Lipinski definition) is 0. The van der Waals surface area contributed by atoms with Gasteiger partial charge in [0.1, 0.15) is 13.2 Å². The Balaban J connectivity index is 1.92. The molecule has 0 aliphatic carbocycles. The zero-order valence-corrected chi connectivity index (χ0v) is 9.72. The summed E-state index contributed by atoms with van der Waals surface area (Å²) in [6.45, 7) is 3.93. The number of nitrogens with zero attached hydrogens (tertiary/aromatic N) is 2. The average Bonchev–Trinajstić information content (AvgIpc) is 2.75. The first-order valence-corrected chi connectivity index (χ1v) is 5.70. The van der Waals surface area contributed by atoms with Crippen molar-refractivity contribution in [2.75, 3.05) is 13.2 Å². The number of fused-ring (bicyclic) bond motifs is 1. The quantitative estimate of drug-likeness (QED) is 0.791. The van der Waals surface area contributed by atoms with Gasteiger partial charge in [-0.1, -0.05) is 12.1 Å². The molecule has 0 saturated carbocycles. The molecule has 1 aromatic heterocycles. The van der Waals surface area contributed by atoms with Crippen LogP contribution in [0.15, 0.2) is 30.5 Å². The van der Waals surface area contributed by atoms with Crippen molar-refractivity contribution < 1.29 is 9.47 Å². The van der Waals surface area contributed by atoms with Crippen LogP contribution in [0.5, 0.6) is 11.5 Å². The van der Waals surface area contributed by atoms with Crippen LogP contribution in [0.3, 0.4) is 0 Å². The highest BCUT2D eigenvalue weighted by molar-refractivity contribution is 5.47. The van der Waals surface area contributed by atoms with Crippen molar-refractivity contribution in [1.29, 1.82) is 0 Å². The summed E-state index contributed by atoms with van der Waals surface area (Å²) in [5, 5.41) is 4.38. The van der Waals surface area contributed by atoms with E-state index in [-0.39, 0.29) is 0 Å². The summed E-state index contributed by atoms with van der Waals surface area (Å²) in [6, 6.07) is 7.96. The van der Waals surface area contributed by atoms with E-state index in [1.54, 1.807) is 0 Å². The molecule has 4 heteroatoms. The highest BCUT2D eigenvalue weighted by Crippen LogP contribution is 2.33. The van der Waals surface area contributed by atoms with E-state index in [1.807, 2.05) is 42.1 Å². The van der Waals surface area contributed by atoms with Gasteiger partial charge in [-0.15, -0.1) is 0 Å². The van der Waals surface area contributed by atoms with Gasteiger partial charge in [-0.3, -0.25) is 4.68 Å². The molecule has 88 valence electrons. The number of hydrogen-bond acceptors (Lipinski definition) is 3. The molecular weight excluding hydrogens is 216 g/mol. The molecule has 0 radical (unpaired) electrons. The van der Waals surface area contributed by atoms with E-state index in [0.29, 0.717) is 19.8 Å². The zero-order valence-electron chi connectivity index (χ0n) is 9.72. The number of aryl methyl sites for hydroxylation is 1. The molecule has 1 aliphatic heterocycles. The lowest BCUT2D eigenvalue weighted by molar-refractivity contribution is 0.169. The van der Waals surface area contributed by atoms with Crippen LogP contribution in [0.2, 0.25) is 0 Å². The smallest absolute Gasteiger partial charge is 0.166 e. The second-order valence-corrected chi connectivity index (χ2v) is 4.10. The summed E-state index contributed by atoms with van der Waals surface area (Å²) < 4.78 is 13.1. The van der Waals surface area contributed by atoms with E-state index in [4.69, 9.17) is 9.47 Å². The van der Waals surface area contributed by atoms with Crippen molar-refractivity contribution in [2.24, 2.45) is 0 Å². The van der Waals surface area contributed by atoms with Crippen molar-refractivity contribution in [3.05, 3.63) is 41.7 Å². The van der Waals surface area contributed by atoms with Gasteiger partial charge in [-0.2, -0.15) is 5.10 Å². The summed E-state index contributed by atoms with van der Waals surface area (Å²) in [5.41, 5.74) is 2.12. The highest BCUT2D eigenvalue weighted by atomic mass is 16.6. The van der Waals surface area contributed by atoms with E-state index in [1.165, 1.54) is 0 Å². The van der Waals surface area contributed by atoms with Crippen molar-refractivity contribution >= 4 is 0 Å². The lowest BCUT2D eigenvalue weighted by Gasteiger charge is -2.20. The molecule has 0 fully saturated rings. The highest BCUT2D eigenvalue weighted by Gasteiger charge is 2.15. The number of ether oxygens (including phenoxy) is 2. The summed E-state index contributed by atoms with van der Waals surface area (Å²) >= 11 is 0. The van der Waals surface area contributed by atoms with Crippen molar-refractivity contribution in [2.45, 2.75) is 13.5 Å². The molecule has 0 bridgehead atoms. The van der Waals surface area contributed by atoms with E-state index in [9.17, 15) is 0 Å². The SMILES string of the molecule is Cc1ccn(Cc2cccc3c2OCCO3)n1. The van der Waals surface area contributed by atoms with Gasteiger partial charge in [0, 0.05) is 11.8 Å². The van der Waals surface area contributed by atoms with E-state index in [2.05, 4.69) is 5.10 Å². The number of aromatic nitrogens is 2. The molecule has 17 heavy (non-hydrogen) atoms. The first kappa shape index (κ1) is 10.2. The van der Waals surface area contributed by atoms with Crippen LogP contribution in [0, 0.1) is 6.92 Å². The Bertz CT molecular complexity index is 534. The second-order valence-electron chi connectivity index (χ2n) is 4.10. The molecule has 0 atom stereocenters. The van der Waals surface area contributed by atoms with Gasteiger partial charge in [0.25, 0.3) is 0 Å². The molecule has 0 amide bonds. The fraction of sp³-hybridized carbons (Fsp3) is 0.308. The van der Waals surface area contributed by atoms with Crippen LogP contribution >= 0.6 is 0 Å². The minimum Gasteiger partial charge on any atom is -0.486 e. The predicted molar refractivity (Wildman–Crippen MR) is 63.5 cm³/mol. The third-order valence-corrected chi connectivity index (χ3v) is 2.75. The van der Waals surface area contributed by atoms with Crippen LogP contribution < -0.4 is 9.47 Å². The average molecular weight is 230 g/mol. The second kappa shape index (κ2) is 4.13. The molecule has 0 saturated heterocycles. The van der Waals surface area contributed by atoms with Gasteiger partial charge in [-0.25, -0.2) is 0 Å². The summed E-state index contributed by atoms with van der Waals surface area (Å²) in [5.74, 6) is 1.68. The molecule has 3 rings (SSSR count). The fourth-order valence-corrected chi connectivity index (χ4v) is 1.98. The standard InChI is InChI=1S/C13H14N2O2/c1-10-5-6-15(14-10)9-11-3-2-4-12-13(11)17-8-7-16-12/h2-6H,7-9H2,1H3. The first-order valence-electron chi connectivity index (χ1n) is 5.70. The van der Waals surface area contributed by atoms with E-state index >= 15 is 0 Å². The minimum atomic E-state index is 0.613. The molecule has 2 heterocycles. The van der Waals surface area contributed by atoms with Gasteiger partial charge in [0.2, 0.25) is 0 Å². The molecule has 4 nitrogen and oxygen atoms in total. The Morgan fingerprint density at radius 1 is 1.24 bits per heavy atom. The third-order valence-electron chi connectivity index (χ3n) is 2.75. The van der Waals surface area contributed by atoms with Crippen LogP contribution in [-0.4, -0.2) is 23.0 Å². The maximum Gasteiger partial charge on any atom is 0.166 e. The molecule has 0 spiro atoms. The molecule has 1 aromatic carbocycles. The molecule has 1 aliphatic rings. The van der Waals surface area contributed by atoms with Gasteiger partial charge < -0.3 is 9.47 Å². The van der Waals surface area contributed by atoms with Gasteiger partial charge in [0.05, 0.1) is 12.2 Å². The Morgan fingerprint density at radius 2 is 2.12 bits per heavy atom. The topological polar surface area (TPSA) is 36.3 Å².